The van der Waals surface area contributed by atoms with Crippen molar-refractivity contribution < 1.29 is 9.47 Å². The molecule has 1 aromatic carbocycles. The molecule has 1 aliphatic heterocycles. The molecular formula is C27H32N6O2. The van der Waals surface area contributed by atoms with Gasteiger partial charge in [0, 0.05) is 50.0 Å². The van der Waals surface area contributed by atoms with Crippen LogP contribution < -0.4 is 15.0 Å². The van der Waals surface area contributed by atoms with Crippen molar-refractivity contribution in [2.75, 3.05) is 56.7 Å². The molecule has 0 aliphatic carbocycles. The van der Waals surface area contributed by atoms with Gasteiger partial charge in [-0.1, -0.05) is 24.3 Å². The highest BCUT2D eigenvalue weighted by atomic mass is 16.5. The van der Waals surface area contributed by atoms with Gasteiger partial charge in [0.15, 0.2) is 0 Å². The Bertz CT molecular complexity index is 1120. The Morgan fingerprint density at radius 3 is 2.60 bits per heavy atom. The normalized spacial score (nSPS) is 13.5. The maximum Gasteiger partial charge on any atom is 0.228 e. The van der Waals surface area contributed by atoms with Crippen LogP contribution in [0.5, 0.6) is 5.75 Å². The number of hydrogen-bond donors (Lipinski definition) is 1. The summed E-state index contributed by atoms with van der Waals surface area (Å²) in [5, 5.41) is 3.50. The topological polar surface area (TPSA) is 75.6 Å². The molecule has 0 atom stereocenters. The smallest absolute Gasteiger partial charge is 0.228 e. The number of morpholine rings is 1. The second-order valence-electron chi connectivity index (χ2n) is 8.17. The van der Waals surface area contributed by atoms with Crippen LogP contribution in [0.25, 0.3) is 11.3 Å². The Kier molecular flexibility index (Phi) is 8.43. The molecule has 3 heterocycles. The van der Waals surface area contributed by atoms with Gasteiger partial charge in [0.25, 0.3) is 0 Å². The first-order valence-electron chi connectivity index (χ1n) is 11.7. The summed E-state index contributed by atoms with van der Waals surface area (Å²) in [6.45, 7) is 12.7. The van der Waals surface area contributed by atoms with Crippen molar-refractivity contribution in [3.63, 3.8) is 0 Å². The molecule has 35 heavy (non-hydrogen) atoms. The second kappa shape index (κ2) is 12.1. The zero-order valence-electron chi connectivity index (χ0n) is 20.2. The summed E-state index contributed by atoms with van der Waals surface area (Å²) >= 11 is 0. The highest BCUT2D eigenvalue weighted by Gasteiger charge is 2.22. The quantitative estimate of drug-likeness (QED) is 0.414. The van der Waals surface area contributed by atoms with Crippen molar-refractivity contribution in [2.24, 2.45) is 0 Å². The summed E-state index contributed by atoms with van der Waals surface area (Å²) in [7, 11) is 1.67. The van der Waals surface area contributed by atoms with Crippen molar-refractivity contribution in [3.8, 4) is 17.0 Å². The fourth-order valence-electron chi connectivity index (χ4n) is 4.01. The fourth-order valence-corrected chi connectivity index (χ4v) is 4.01. The molecule has 0 unspecified atom stereocenters. The molecule has 3 aromatic rings. The van der Waals surface area contributed by atoms with Gasteiger partial charge >= 0.3 is 0 Å². The SMILES string of the molecule is C=CCN(CC=C)Cc1c(Nc2cccnc2)nc(N2CCOCC2)nc1-c1cccc(OC)c1. The molecule has 1 aliphatic rings. The van der Waals surface area contributed by atoms with Gasteiger partial charge in [-0.15, -0.1) is 13.2 Å². The van der Waals surface area contributed by atoms with Gasteiger partial charge in [-0.2, -0.15) is 4.98 Å². The van der Waals surface area contributed by atoms with Crippen molar-refractivity contribution in [2.45, 2.75) is 6.54 Å². The number of nitrogens with zero attached hydrogens (tertiary/aromatic N) is 5. The predicted octanol–water partition coefficient (Wildman–Crippen LogP) is 4.30. The van der Waals surface area contributed by atoms with Crippen LogP contribution in [0.3, 0.4) is 0 Å². The van der Waals surface area contributed by atoms with Crippen LogP contribution in [-0.4, -0.2) is 66.4 Å². The van der Waals surface area contributed by atoms with Gasteiger partial charge < -0.3 is 19.7 Å². The maximum absolute atomic E-state index is 5.56. The number of aromatic nitrogens is 3. The number of rotatable bonds is 11. The number of ether oxygens (including phenoxy) is 2. The van der Waals surface area contributed by atoms with E-state index >= 15 is 0 Å². The molecule has 1 fully saturated rings. The Morgan fingerprint density at radius 2 is 1.91 bits per heavy atom. The molecule has 2 aromatic heterocycles. The van der Waals surface area contributed by atoms with E-state index in [1.54, 1.807) is 19.5 Å². The second-order valence-corrected chi connectivity index (χ2v) is 8.17. The van der Waals surface area contributed by atoms with Gasteiger partial charge in [-0.3, -0.25) is 9.88 Å². The van der Waals surface area contributed by atoms with E-state index in [9.17, 15) is 0 Å². The van der Waals surface area contributed by atoms with Crippen LogP contribution in [0.15, 0.2) is 74.1 Å². The first kappa shape index (κ1) is 24.4. The number of pyridine rings is 1. The molecule has 0 saturated carbocycles. The lowest BCUT2D eigenvalue weighted by molar-refractivity contribution is 0.122. The maximum atomic E-state index is 5.56. The van der Waals surface area contributed by atoms with Crippen LogP contribution in [0, 0.1) is 0 Å². The van der Waals surface area contributed by atoms with Gasteiger partial charge in [-0.25, -0.2) is 4.98 Å². The largest absolute Gasteiger partial charge is 0.497 e. The van der Waals surface area contributed by atoms with E-state index in [1.807, 2.05) is 42.5 Å². The highest BCUT2D eigenvalue weighted by Crippen LogP contribution is 2.33. The van der Waals surface area contributed by atoms with Gasteiger partial charge in [0.05, 0.1) is 37.9 Å². The molecule has 0 bridgehead atoms. The Labute approximate surface area is 206 Å². The zero-order valence-corrected chi connectivity index (χ0v) is 20.2. The summed E-state index contributed by atoms with van der Waals surface area (Å²) < 4.78 is 11.1. The van der Waals surface area contributed by atoms with E-state index in [0.717, 1.165) is 47.2 Å². The van der Waals surface area contributed by atoms with Crippen LogP contribution >= 0.6 is 0 Å². The molecule has 0 spiro atoms. The van der Waals surface area contributed by atoms with Crippen molar-refractivity contribution in [1.29, 1.82) is 0 Å². The zero-order chi connectivity index (χ0) is 24.5. The standard InChI is InChI=1S/C27H32N6O2/c1-4-12-32(13-5-2)20-24-25(21-8-6-10-23(18-21)34-3)30-27(33-14-16-35-17-15-33)31-26(24)29-22-9-7-11-28-19-22/h4-11,18-19H,1-2,12-17,20H2,3H3,(H,29,30,31). The molecule has 182 valence electrons. The lowest BCUT2D eigenvalue weighted by atomic mass is 10.0. The van der Waals surface area contributed by atoms with E-state index in [-0.39, 0.29) is 0 Å². The molecule has 1 saturated heterocycles. The first-order chi connectivity index (χ1) is 17.2. The molecule has 0 amide bonds. The van der Waals surface area contributed by atoms with Crippen LogP contribution in [0.1, 0.15) is 5.56 Å². The molecule has 0 radical (unpaired) electrons. The van der Waals surface area contributed by atoms with Crippen LogP contribution in [-0.2, 0) is 11.3 Å². The third-order valence-corrected chi connectivity index (χ3v) is 5.71. The summed E-state index contributed by atoms with van der Waals surface area (Å²) in [6.07, 6.45) is 7.33. The fraction of sp³-hybridized carbons (Fsp3) is 0.296. The Balaban J connectivity index is 1.88. The van der Waals surface area contributed by atoms with E-state index in [4.69, 9.17) is 19.4 Å². The van der Waals surface area contributed by atoms with E-state index < -0.39 is 0 Å². The molecule has 4 rings (SSSR count). The molecule has 8 nitrogen and oxygen atoms in total. The number of nitrogens with one attached hydrogen (secondary N) is 1. The minimum Gasteiger partial charge on any atom is -0.497 e. The number of methoxy groups -OCH3 is 1. The van der Waals surface area contributed by atoms with E-state index in [1.165, 1.54) is 0 Å². The summed E-state index contributed by atoms with van der Waals surface area (Å²) in [6, 6.07) is 11.9. The predicted molar refractivity (Wildman–Crippen MR) is 140 cm³/mol. The molecular weight excluding hydrogens is 440 g/mol. The van der Waals surface area contributed by atoms with Gasteiger partial charge in [0.2, 0.25) is 5.95 Å². The van der Waals surface area contributed by atoms with Crippen LogP contribution in [0.4, 0.5) is 17.5 Å². The average molecular weight is 473 g/mol. The number of hydrogen-bond acceptors (Lipinski definition) is 8. The van der Waals surface area contributed by atoms with Crippen molar-refractivity contribution >= 4 is 17.5 Å². The van der Waals surface area contributed by atoms with Crippen molar-refractivity contribution in [1.82, 2.24) is 19.9 Å². The monoisotopic (exact) mass is 472 g/mol. The van der Waals surface area contributed by atoms with Crippen LogP contribution in [0.2, 0.25) is 0 Å². The third-order valence-electron chi connectivity index (χ3n) is 5.71. The van der Waals surface area contributed by atoms with Gasteiger partial charge in [-0.05, 0) is 24.3 Å². The minimum absolute atomic E-state index is 0.608. The lowest BCUT2D eigenvalue weighted by Gasteiger charge is -2.29. The minimum atomic E-state index is 0.608. The summed E-state index contributed by atoms with van der Waals surface area (Å²) in [5.41, 5.74) is 3.64. The van der Waals surface area contributed by atoms with E-state index in [2.05, 4.69) is 39.3 Å². The number of anilines is 3. The summed E-state index contributed by atoms with van der Waals surface area (Å²) in [5.74, 6) is 2.18. The lowest BCUT2D eigenvalue weighted by Crippen LogP contribution is -2.37. The first-order valence-corrected chi connectivity index (χ1v) is 11.7. The highest BCUT2D eigenvalue weighted by molar-refractivity contribution is 5.74. The third kappa shape index (κ3) is 6.23. The van der Waals surface area contributed by atoms with Crippen molar-refractivity contribution in [3.05, 3.63) is 79.7 Å². The number of benzene rings is 1. The molecule has 1 N–H and O–H groups in total. The molecule has 8 heteroatoms. The summed E-state index contributed by atoms with van der Waals surface area (Å²) in [4.78, 5) is 18.8. The Morgan fingerprint density at radius 1 is 1.11 bits per heavy atom. The van der Waals surface area contributed by atoms with Gasteiger partial charge in [0.1, 0.15) is 11.6 Å². The Hall–Kier alpha value is -3.75. The average Bonchev–Trinajstić information content (AvgIpc) is 2.91. The van der Waals surface area contributed by atoms with E-state index in [0.29, 0.717) is 38.8 Å².